The van der Waals surface area contributed by atoms with E-state index in [4.69, 9.17) is 4.42 Å². The van der Waals surface area contributed by atoms with Crippen molar-refractivity contribution in [3.8, 4) is 0 Å². The van der Waals surface area contributed by atoms with Gasteiger partial charge in [0.2, 0.25) is 0 Å². The monoisotopic (exact) mass is 257 g/mol. The largest absolute Gasteiger partial charge is 0.464 e. The van der Waals surface area contributed by atoms with Crippen LogP contribution >= 0.6 is 0 Å². The highest BCUT2D eigenvalue weighted by atomic mass is 32.2. The van der Waals surface area contributed by atoms with Crippen LogP contribution in [-0.4, -0.2) is 37.9 Å². The molecular weight excluding hydrogens is 238 g/mol. The lowest BCUT2D eigenvalue weighted by atomic mass is 10.2. The maximum absolute atomic E-state index is 11.3. The molecule has 1 aliphatic rings. The molecule has 1 saturated heterocycles. The van der Waals surface area contributed by atoms with Crippen molar-refractivity contribution in [2.24, 2.45) is 0 Å². The minimum Gasteiger partial charge on any atom is -0.464 e. The molecule has 96 valence electrons. The van der Waals surface area contributed by atoms with Crippen molar-refractivity contribution in [2.75, 3.05) is 24.6 Å². The van der Waals surface area contributed by atoms with Crippen molar-refractivity contribution in [2.45, 2.75) is 26.3 Å². The van der Waals surface area contributed by atoms with E-state index in [1.165, 1.54) is 0 Å². The van der Waals surface area contributed by atoms with Gasteiger partial charge in [-0.2, -0.15) is 0 Å². The van der Waals surface area contributed by atoms with Gasteiger partial charge in [-0.1, -0.05) is 13.8 Å². The first-order chi connectivity index (χ1) is 7.96. The molecule has 0 aliphatic carbocycles. The average Bonchev–Trinajstić information content (AvgIpc) is 2.70. The molecule has 17 heavy (non-hydrogen) atoms. The van der Waals surface area contributed by atoms with Gasteiger partial charge in [0.1, 0.15) is 11.5 Å². The zero-order valence-electron chi connectivity index (χ0n) is 10.3. The van der Waals surface area contributed by atoms with Gasteiger partial charge in [0.05, 0.1) is 18.1 Å². The standard InChI is InChI=1S/C12H19NO3S/c1-10(2)12-4-3-11(16-12)9-13-5-7-17(14,15)8-6-13/h3-4,10H,5-9H2,1-2H3. The Hall–Kier alpha value is -0.810. The lowest BCUT2D eigenvalue weighted by Crippen LogP contribution is -2.39. The van der Waals surface area contributed by atoms with Crippen LogP contribution in [0.5, 0.6) is 0 Å². The molecule has 0 saturated carbocycles. The minimum absolute atomic E-state index is 0.269. The van der Waals surface area contributed by atoms with Crippen LogP contribution in [0, 0.1) is 0 Å². The van der Waals surface area contributed by atoms with E-state index in [0.717, 1.165) is 11.5 Å². The summed E-state index contributed by atoms with van der Waals surface area (Å²) in [6, 6.07) is 3.99. The highest BCUT2D eigenvalue weighted by Gasteiger charge is 2.22. The SMILES string of the molecule is CC(C)c1ccc(CN2CCS(=O)(=O)CC2)o1. The van der Waals surface area contributed by atoms with E-state index in [1.807, 2.05) is 12.1 Å². The summed E-state index contributed by atoms with van der Waals surface area (Å²) >= 11 is 0. The molecule has 4 nitrogen and oxygen atoms in total. The fraction of sp³-hybridized carbons (Fsp3) is 0.667. The van der Waals surface area contributed by atoms with Crippen LogP contribution in [0.25, 0.3) is 0 Å². The van der Waals surface area contributed by atoms with E-state index in [-0.39, 0.29) is 11.5 Å². The van der Waals surface area contributed by atoms with Crippen molar-refractivity contribution < 1.29 is 12.8 Å². The first-order valence-electron chi connectivity index (χ1n) is 5.98. The molecule has 2 rings (SSSR count). The smallest absolute Gasteiger partial charge is 0.152 e. The molecule has 0 atom stereocenters. The molecule has 0 aromatic carbocycles. The van der Waals surface area contributed by atoms with Gasteiger partial charge in [-0.3, -0.25) is 4.90 Å². The van der Waals surface area contributed by atoms with Crippen LogP contribution in [0.2, 0.25) is 0 Å². The van der Waals surface area contributed by atoms with Crippen molar-refractivity contribution >= 4 is 9.84 Å². The lowest BCUT2D eigenvalue weighted by Gasteiger charge is -2.25. The molecule has 1 fully saturated rings. The van der Waals surface area contributed by atoms with E-state index in [1.54, 1.807) is 0 Å². The van der Waals surface area contributed by atoms with Crippen LogP contribution in [-0.2, 0) is 16.4 Å². The maximum atomic E-state index is 11.3. The first kappa shape index (κ1) is 12.6. The Kier molecular flexibility index (Phi) is 3.58. The van der Waals surface area contributed by atoms with E-state index in [0.29, 0.717) is 25.6 Å². The van der Waals surface area contributed by atoms with Gasteiger partial charge in [0, 0.05) is 19.0 Å². The van der Waals surface area contributed by atoms with Crippen LogP contribution in [0.15, 0.2) is 16.5 Å². The van der Waals surface area contributed by atoms with E-state index in [2.05, 4.69) is 18.7 Å². The Morgan fingerprint density at radius 2 is 1.94 bits per heavy atom. The molecule has 0 amide bonds. The molecule has 0 spiro atoms. The highest BCUT2D eigenvalue weighted by molar-refractivity contribution is 7.91. The second kappa shape index (κ2) is 4.82. The minimum atomic E-state index is -2.79. The van der Waals surface area contributed by atoms with Crippen molar-refractivity contribution in [3.05, 3.63) is 23.7 Å². The first-order valence-corrected chi connectivity index (χ1v) is 7.80. The van der Waals surface area contributed by atoms with Crippen LogP contribution in [0.4, 0.5) is 0 Å². The topological polar surface area (TPSA) is 50.5 Å². The second-order valence-corrected chi connectivity index (χ2v) is 7.19. The van der Waals surface area contributed by atoms with Gasteiger partial charge in [-0.05, 0) is 12.1 Å². The van der Waals surface area contributed by atoms with Gasteiger partial charge in [-0.15, -0.1) is 0 Å². The number of hydrogen-bond donors (Lipinski definition) is 0. The summed E-state index contributed by atoms with van der Waals surface area (Å²) in [6.07, 6.45) is 0. The third-order valence-corrected chi connectivity index (χ3v) is 4.68. The molecule has 1 aromatic heterocycles. The van der Waals surface area contributed by atoms with Crippen molar-refractivity contribution in [1.82, 2.24) is 4.90 Å². The van der Waals surface area contributed by atoms with Crippen molar-refractivity contribution in [3.63, 3.8) is 0 Å². The van der Waals surface area contributed by atoms with Crippen LogP contribution in [0.3, 0.4) is 0 Å². The van der Waals surface area contributed by atoms with Crippen molar-refractivity contribution in [1.29, 1.82) is 0 Å². The summed E-state index contributed by atoms with van der Waals surface area (Å²) in [6.45, 7) is 6.12. The van der Waals surface area contributed by atoms with Gasteiger partial charge in [0.25, 0.3) is 0 Å². The normalized spacial score (nSPS) is 20.9. The molecule has 1 aromatic rings. The maximum Gasteiger partial charge on any atom is 0.152 e. The summed E-state index contributed by atoms with van der Waals surface area (Å²) in [4.78, 5) is 2.13. The van der Waals surface area contributed by atoms with Crippen LogP contribution in [0.1, 0.15) is 31.3 Å². The zero-order chi connectivity index (χ0) is 12.5. The Bertz CT molecular complexity index is 462. The van der Waals surface area contributed by atoms with Gasteiger partial charge >= 0.3 is 0 Å². The molecule has 0 unspecified atom stereocenters. The molecule has 0 bridgehead atoms. The van der Waals surface area contributed by atoms with Gasteiger partial charge in [-0.25, -0.2) is 8.42 Å². The second-order valence-electron chi connectivity index (χ2n) is 4.89. The third-order valence-electron chi connectivity index (χ3n) is 3.07. The molecular formula is C12H19NO3S. The molecule has 0 N–H and O–H groups in total. The highest BCUT2D eigenvalue weighted by Crippen LogP contribution is 2.19. The van der Waals surface area contributed by atoms with Gasteiger partial charge < -0.3 is 4.42 Å². The Morgan fingerprint density at radius 3 is 2.47 bits per heavy atom. The number of rotatable bonds is 3. The average molecular weight is 257 g/mol. The Balaban J connectivity index is 1.93. The van der Waals surface area contributed by atoms with Crippen LogP contribution < -0.4 is 0 Å². The summed E-state index contributed by atoms with van der Waals surface area (Å²) in [5.74, 6) is 2.85. The fourth-order valence-electron chi connectivity index (χ4n) is 1.92. The van der Waals surface area contributed by atoms with E-state index < -0.39 is 9.84 Å². The third kappa shape index (κ3) is 3.33. The number of nitrogens with zero attached hydrogens (tertiary/aromatic N) is 1. The predicted molar refractivity (Wildman–Crippen MR) is 66.7 cm³/mol. The summed E-state index contributed by atoms with van der Waals surface area (Å²) in [7, 11) is -2.79. The van der Waals surface area contributed by atoms with Gasteiger partial charge in [0.15, 0.2) is 9.84 Å². The summed E-state index contributed by atoms with van der Waals surface area (Å²) in [5, 5.41) is 0. The van der Waals surface area contributed by atoms with E-state index in [9.17, 15) is 8.42 Å². The number of sulfone groups is 1. The Morgan fingerprint density at radius 1 is 1.29 bits per heavy atom. The zero-order valence-corrected chi connectivity index (χ0v) is 11.2. The molecule has 0 radical (unpaired) electrons. The number of furan rings is 1. The lowest BCUT2D eigenvalue weighted by molar-refractivity contribution is 0.258. The quantitative estimate of drug-likeness (QED) is 0.826. The summed E-state index contributed by atoms with van der Waals surface area (Å²) < 4.78 is 28.3. The number of hydrogen-bond acceptors (Lipinski definition) is 4. The summed E-state index contributed by atoms with van der Waals surface area (Å²) in [5.41, 5.74) is 0. The Labute approximate surface area is 103 Å². The molecule has 5 heteroatoms. The predicted octanol–water partition coefficient (Wildman–Crippen LogP) is 1.63. The molecule has 1 aliphatic heterocycles. The van der Waals surface area contributed by atoms with E-state index >= 15 is 0 Å². The molecule has 2 heterocycles. The fourth-order valence-corrected chi connectivity index (χ4v) is 3.20.